The summed E-state index contributed by atoms with van der Waals surface area (Å²) in [6, 6.07) is 13.5. The molecular formula is C32H35ClN4O3S. The van der Waals surface area contributed by atoms with Crippen molar-refractivity contribution < 1.29 is 15.0 Å². The van der Waals surface area contributed by atoms with Gasteiger partial charge in [-0.3, -0.25) is 14.5 Å². The van der Waals surface area contributed by atoms with Crippen LogP contribution >= 0.6 is 22.9 Å². The molecule has 41 heavy (non-hydrogen) atoms. The number of fused-ring (bicyclic) bond motifs is 1. The Hall–Kier alpha value is -3.59. The maximum absolute atomic E-state index is 11.7. The molecule has 0 atom stereocenters. The Morgan fingerprint density at radius 2 is 1.66 bits per heavy atom. The van der Waals surface area contributed by atoms with Crippen LogP contribution in [0, 0.1) is 6.92 Å². The standard InChI is InChI=1S/C28H25ClN4O2S.C4H10O/c1-16-11-23-26(25(21(16)13-24(34)35)17-5-7-20(29)8-6-17)36-27(32-23)18-9-10-30-22(12-18)19-14-31-33(15-19)28(2,3)4;1-4(2,3)5/h5-12,14-15H,13H2,1-4H3,(H,34,35);5H,1-3H3. The van der Waals surface area contributed by atoms with Gasteiger partial charge in [0.2, 0.25) is 0 Å². The summed E-state index contributed by atoms with van der Waals surface area (Å²) in [6.07, 6.45) is 5.55. The first-order chi connectivity index (χ1) is 19.1. The van der Waals surface area contributed by atoms with Crippen LogP contribution < -0.4 is 0 Å². The molecule has 2 N–H and O–H groups in total. The lowest BCUT2D eigenvalue weighted by molar-refractivity contribution is -0.136. The fourth-order valence-corrected chi connectivity index (χ4v) is 5.46. The Kier molecular flexibility index (Phi) is 8.68. The summed E-state index contributed by atoms with van der Waals surface area (Å²) in [5.74, 6) is -0.869. The lowest BCUT2D eigenvalue weighted by atomic mass is 9.93. The van der Waals surface area contributed by atoms with Crippen LogP contribution in [0.3, 0.4) is 0 Å². The van der Waals surface area contributed by atoms with Crippen LogP contribution in [0.1, 0.15) is 52.7 Å². The highest BCUT2D eigenvalue weighted by Crippen LogP contribution is 2.41. The maximum Gasteiger partial charge on any atom is 0.307 e. The van der Waals surface area contributed by atoms with Crippen molar-refractivity contribution in [1.29, 1.82) is 0 Å². The SMILES string of the molecule is CC(C)(C)O.Cc1cc2nc(-c3ccnc(-c4cnn(C(C)(C)C)c4)c3)sc2c(-c2ccc(Cl)cc2)c1CC(=O)O. The van der Waals surface area contributed by atoms with E-state index in [0.717, 1.165) is 54.3 Å². The first kappa shape index (κ1) is 30.4. The highest BCUT2D eigenvalue weighted by Gasteiger charge is 2.20. The molecule has 0 saturated heterocycles. The van der Waals surface area contributed by atoms with Crippen molar-refractivity contribution in [2.24, 2.45) is 0 Å². The minimum atomic E-state index is -0.869. The molecule has 0 aliphatic rings. The van der Waals surface area contributed by atoms with Crippen molar-refractivity contribution in [1.82, 2.24) is 19.7 Å². The average Bonchev–Trinajstić information content (AvgIpc) is 3.52. The Morgan fingerprint density at radius 3 is 2.24 bits per heavy atom. The Bertz CT molecular complexity index is 1690. The van der Waals surface area contributed by atoms with E-state index in [-0.39, 0.29) is 12.0 Å². The number of thiazole rings is 1. The van der Waals surface area contributed by atoms with Crippen LogP contribution in [-0.2, 0) is 16.8 Å². The second kappa shape index (κ2) is 11.7. The molecule has 2 aromatic carbocycles. The van der Waals surface area contributed by atoms with Gasteiger partial charge in [-0.05, 0) is 95.5 Å². The number of carbonyl (C=O) groups is 1. The lowest BCUT2D eigenvalue weighted by Crippen LogP contribution is -2.21. The third-order valence-electron chi connectivity index (χ3n) is 6.04. The first-order valence-corrected chi connectivity index (χ1v) is 14.4. The summed E-state index contributed by atoms with van der Waals surface area (Å²) in [6.45, 7) is 13.5. The number of hydrogen-bond donors (Lipinski definition) is 2. The third-order valence-corrected chi connectivity index (χ3v) is 7.43. The first-order valence-electron chi connectivity index (χ1n) is 13.3. The van der Waals surface area contributed by atoms with E-state index in [4.69, 9.17) is 21.7 Å². The fraction of sp³-hybridized carbons (Fsp3) is 0.312. The number of aliphatic carboxylic acids is 1. The zero-order valence-electron chi connectivity index (χ0n) is 24.4. The molecule has 9 heteroatoms. The van der Waals surface area contributed by atoms with Crippen LogP contribution in [0.25, 0.3) is 43.2 Å². The highest BCUT2D eigenvalue weighted by molar-refractivity contribution is 7.22. The molecule has 0 aliphatic carbocycles. The van der Waals surface area contributed by atoms with E-state index < -0.39 is 11.6 Å². The van der Waals surface area contributed by atoms with E-state index in [1.807, 2.05) is 66.5 Å². The monoisotopic (exact) mass is 590 g/mol. The molecule has 0 spiro atoms. The predicted octanol–water partition coefficient (Wildman–Crippen LogP) is 8.01. The molecule has 0 aliphatic heterocycles. The van der Waals surface area contributed by atoms with E-state index in [1.165, 1.54) is 0 Å². The van der Waals surface area contributed by atoms with E-state index >= 15 is 0 Å². The topological polar surface area (TPSA) is 101 Å². The van der Waals surface area contributed by atoms with E-state index in [0.29, 0.717) is 5.02 Å². The van der Waals surface area contributed by atoms with Crippen LogP contribution in [0.4, 0.5) is 0 Å². The number of benzene rings is 2. The minimum absolute atomic E-state index is 0.0653. The van der Waals surface area contributed by atoms with Crippen LogP contribution in [0.15, 0.2) is 61.1 Å². The predicted molar refractivity (Wildman–Crippen MR) is 168 cm³/mol. The minimum Gasteiger partial charge on any atom is -0.481 e. The number of aromatic nitrogens is 4. The van der Waals surface area contributed by atoms with E-state index in [2.05, 4.69) is 30.9 Å². The Balaban J connectivity index is 0.000000714. The molecule has 0 fully saturated rings. The highest BCUT2D eigenvalue weighted by atomic mass is 35.5. The van der Waals surface area contributed by atoms with Gasteiger partial charge in [-0.15, -0.1) is 11.3 Å². The van der Waals surface area contributed by atoms with Gasteiger partial charge in [-0.1, -0.05) is 23.7 Å². The molecule has 7 nitrogen and oxygen atoms in total. The third kappa shape index (κ3) is 7.58. The van der Waals surface area contributed by atoms with Gasteiger partial charge in [0.05, 0.1) is 39.7 Å². The molecule has 3 heterocycles. The second-order valence-corrected chi connectivity index (χ2v) is 13.4. The summed E-state index contributed by atoms with van der Waals surface area (Å²) in [5.41, 5.74) is 6.44. The Morgan fingerprint density at radius 1 is 1.00 bits per heavy atom. The quantitative estimate of drug-likeness (QED) is 0.215. The average molecular weight is 591 g/mol. The molecule has 0 unspecified atom stereocenters. The largest absolute Gasteiger partial charge is 0.481 e. The summed E-state index contributed by atoms with van der Waals surface area (Å²) < 4.78 is 2.88. The van der Waals surface area contributed by atoms with Crippen LogP contribution in [0.2, 0.25) is 5.02 Å². The molecule has 0 amide bonds. The number of aryl methyl sites for hydroxylation is 1. The molecule has 0 saturated carbocycles. The number of halogens is 1. The summed E-state index contributed by atoms with van der Waals surface area (Å²) in [5, 5.41) is 24.1. The zero-order chi connectivity index (χ0) is 30.1. The van der Waals surface area contributed by atoms with Gasteiger partial charge in [0, 0.05) is 34.1 Å². The summed E-state index contributed by atoms with van der Waals surface area (Å²) >= 11 is 7.69. The van der Waals surface area contributed by atoms with Gasteiger partial charge < -0.3 is 10.2 Å². The number of carboxylic acid groups (broad SMARTS) is 1. The number of carboxylic acids is 1. The van der Waals surface area contributed by atoms with Crippen molar-refractivity contribution in [3.05, 3.63) is 77.2 Å². The van der Waals surface area contributed by atoms with Crippen molar-refractivity contribution in [2.45, 2.75) is 66.0 Å². The van der Waals surface area contributed by atoms with Crippen LogP contribution in [-0.4, -0.2) is 41.5 Å². The van der Waals surface area contributed by atoms with E-state index in [1.54, 1.807) is 38.3 Å². The molecule has 5 aromatic rings. The number of aliphatic hydroxyl groups is 1. The van der Waals surface area contributed by atoms with Gasteiger partial charge >= 0.3 is 5.97 Å². The summed E-state index contributed by atoms with van der Waals surface area (Å²) in [7, 11) is 0. The van der Waals surface area contributed by atoms with Gasteiger partial charge in [0.25, 0.3) is 0 Å². The number of hydrogen-bond acceptors (Lipinski definition) is 6. The number of rotatable bonds is 5. The Labute approximate surface area is 249 Å². The van der Waals surface area contributed by atoms with Crippen molar-refractivity contribution in [2.75, 3.05) is 0 Å². The zero-order valence-corrected chi connectivity index (χ0v) is 25.9. The van der Waals surface area contributed by atoms with Crippen molar-refractivity contribution in [3.8, 4) is 33.0 Å². The second-order valence-electron chi connectivity index (χ2n) is 11.9. The molecular weight excluding hydrogens is 556 g/mol. The van der Waals surface area contributed by atoms with Crippen molar-refractivity contribution in [3.63, 3.8) is 0 Å². The van der Waals surface area contributed by atoms with E-state index in [9.17, 15) is 9.90 Å². The molecule has 0 radical (unpaired) electrons. The van der Waals surface area contributed by atoms with Gasteiger partial charge in [-0.2, -0.15) is 5.10 Å². The normalized spacial score (nSPS) is 11.8. The molecule has 5 rings (SSSR count). The van der Waals surface area contributed by atoms with Crippen molar-refractivity contribution >= 4 is 39.1 Å². The summed E-state index contributed by atoms with van der Waals surface area (Å²) in [4.78, 5) is 21.2. The maximum atomic E-state index is 11.7. The molecule has 214 valence electrons. The number of nitrogens with zero attached hydrogens (tertiary/aromatic N) is 4. The lowest BCUT2D eigenvalue weighted by Gasteiger charge is -2.18. The smallest absolute Gasteiger partial charge is 0.307 e. The molecule has 0 bridgehead atoms. The van der Waals surface area contributed by atoms with Crippen LogP contribution in [0.5, 0.6) is 0 Å². The van der Waals surface area contributed by atoms with Gasteiger partial charge in [0.15, 0.2) is 0 Å². The van der Waals surface area contributed by atoms with Gasteiger partial charge in [0.1, 0.15) is 5.01 Å². The van der Waals surface area contributed by atoms with Gasteiger partial charge in [-0.25, -0.2) is 4.98 Å². The molecule has 3 aromatic heterocycles. The fourth-order valence-electron chi connectivity index (χ4n) is 4.20. The number of pyridine rings is 1.